The maximum atomic E-state index is 4.37. The lowest BCUT2D eigenvalue weighted by Gasteiger charge is -2.12. The number of imidazole rings is 1. The monoisotopic (exact) mass is 219 g/mol. The van der Waals surface area contributed by atoms with Gasteiger partial charge in [0.1, 0.15) is 12.0 Å². The number of aryl methyl sites for hydroxylation is 1. The second-order valence-electron chi connectivity index (χ2n) is 3.72. The Balaban J connectivity index is 2.32. The molecule has 2 aliphatic rings. The predicted molar refractivity (Wildman–Crippen MR) is 63.5 cm³/mol. The molecule has 2 aliphatic heterocycles. The molecule has 0 aromatic heterocycles. The predicted octanol–water partition coefficient (Wildman–Crippen LogP) is 2.01. The molecule has 5 heteroatoms. The summed E-state index contributed by atoms with van der Waals surface area (Å²) >= 11 is 0. The zero-order valence-electron chi connectivity index (χ0n) is 9.77. The molecule has 16 heavy (non-hydrogen) atoms. The fourth-order valence-electron chi connectivity index (χ4n) is 1.67. The first-order chi connectivity index (χ1) is 7.86. The van der Waals surface area contributed by atoms with Gasteiger partial charge in [-0.25, -0.2) is 15.0 Å². The summed E-state index contributed by atoms with van der Waals surface area (Å²) in [5, 5.41) is 3.19. The highest BCUT2D eigenvalue weighted by atomic mass is 15.2. The molecule has 5 nitrogen and oxygen atoms in total. The van der Waals surface area contributed by atoms with Crippen molar-refractivity contribution < 1.29 is 0 Å². The van der Waals surface area contributed by atoms with E-state index in [0.29, 0.717) is 0 Å². The van der Waals surface area contributed by atoms with Gasteiger partial charge in [-0.05, 0) is 13.3 Å². The van der Waals surface area contributed by atoms with Crippen LogP contribution in [0.25, 0.3) is 11.5 Å². The number of nitrogens with one attached hydrogen (secondary N) is 1. The lowest BCUT2D eigenvalue weighted by atomic mass is 10.3. The van der Waals surface area contributed by atoms with Crippen LogP contribution in [0.5, 0.6) is 0 Å². The van der Waals surface area contributed by atoms with Crippen LogP contribution >= 0.6 is 0 Å². The Bertz CT molecular complexity index is 423. The van der Waals surface area contributed by atoms with Gasteiger partial charge >= 0.3 is 0 Å². The van der Waals surface area contributed by atoms with Crippen molar-refractivity contribution in [3.63, 3.8) is 0 Å². The Kier molecular flexibility index (Phi) is 3.34. The quantitative estimate of drug-likeness (QED) is 0.835. The zero-order valence-corrected chi connectivity index (χ0v) is 9.77. The van der Waals surface area contributed by atoms with Gasteiger partial charge in [0.2, 0.25) is 0 Å². The Morgan fingerprint density at radius 3 is 2.88 bits per heavy atom. The van der Waals surface area contributed by atoms with E-state index < -0.39 is 0 Å². The second-order valence-corrected chi connectivity index (χ2v) is 3.72. The van der Waals surface area contributed by atoms with Gasteiger partial charge in [-0.3, -0.25) is 0 Å². The van der Waals surface area contributed by atoms with Crippen molar-refractivity contribution in [3.05, 3.63) is 12.7 Å². The van der Waals surface area contributed by atoms with Crippen molar-refractivity contribution in [2.24, 2.45) is 0 Å². The van der Waals surface area contributed by atoms with Gasteiger partial charge in [0.25, 0.3) is 0 Å². The molecular weight excluding hydrogens is 202 g/mol. The van der Waals surface area contributed by atoms with Crippen LogP contribution in [0.1, 0.15) is 26.7 Å². The average molecular weight is 219 g/mol. The standard InChI is InChI=1S/C11H17N5/c1-3-5-6-16-8-15-10(12-4-2)9-11(16)14-7-13-9/h7-8,12H,3-6H2,1-2H3. The molecule has 0 aliphatic carbocycles. The molecule has 0 aromatic rings. The van der Waals surface area contributed by atoms with E-state index in [9.17, 15) is 0 Å². The molecule has 0 saturated carbocycles. The summed E-state index contributed by atoms with van der Waals surface area (Å²) in [5.41, 5.74) is 0.862. The molecule has 2 rings (SSSR count). The third-order valence-electron chi connectivity index (χ3n) is 2.50. The number of hydrogen-bond donors (Lipinski definition) is 1. The van der Waals surface area contributed by atoms with E-state index in [4.69, 9.17) is 0 Å². The largest absolute Gasteiger partial charge is 0.368 e. The lowest BCUT2D eigenvalue weighted by Crippen LogP contribution is -2.10. The van der Waals surface area contributed by atoms with Gasteiger partial charge in [-0.2, -0.15) is 0 Å². The molecule has 0 bridgehead atoms. The first-order valence-electron chi connectivity index (χ1n) is 5.76. The zero-order chi connectivity index (χ0) is 11.4. The summed E-state index contributed by atoms with van der Waals surface area (Å²) in [6, 6.07) is 0. The lowest BCUT2D eigenvalue weighted by molar-refractivity contribution is 0.618. The van der Waals surface area contributed by atoms with Crippen molar-refractivity contribution in [1.82, 2.24) is 19.5 Å². The van der Waals surface area contributed by atoms with Crippen LogP contribution in [0.2, 0.25) is 0 Å². The van der Waals surface area contributed by atoms with Crippen molar-refractivity contribution in [2.75, 3.05) is 11.9 Å². The molecule has 0 aromatic carbocycles. The van der Waals surface area contributed by atoms with Crippen LogP contribution in [0.4, 0.5) is 5.82 Å². The van der Waals surface area contributed by atoms with Crippen LogP contribution in [0.3, 0.4) is 0 Å². The van der Waals surface area contributed by atoms with E-state index in [0.717, 1.165) is 43.3 Å². The topological polar surface area (TPSA) is 55.6 Å². The Labute approximate surface area is 95.3 Å². The molecule has 0 spiro atoms. The maximum Gasteiger partial charge on any atom is 0.165 e. The molecule has 1 N–H and O–H groups in total. The van der Waals surface area contributed by atoms with Crippen molar-refractivity contribution in [1.29, 1.82) is 0 Å². The summed E-state index contributed by atoms with van der Waals surface area (Å²) in [6.45, 7) is 6.01. The van der Waals surface area contributed by atoms with Gasteiger partial charge in [-0.15, -0.1) is 0 Å². The second kappa shape index (κ2) is 4.92. The average Bonchev–Trinajstić information content (AvgIpc) is 2.78. The van der Waals surface area contributed by atoms with Gasteiger partial charge in [0, 0.05) is 13.1 Å². The van der Waals surface area contributed by atoms with E-state index in [2.05, 4.69) is 31.8 Å². The van der Waals surface area contributed by atoms with Crippen LogP contribution < -0.4 is 5.32 Å². The Morgan fingerprint density at radius 2 is 2.12 bits per heavy atom. The van der Waals surface area contributed by atoms with Crippen molar-refractivity contribution in [2.45, 2.75) is 33.2 Å². The highest BCUT2D eigenvalue weighted by Gasteiger charge is 2.15. The normalized spacial score (nSPS) is 10.9. The van der Waals surface area contributed by atoms with Crippen molar-refractivity contribution in [3.8, 4) is 11.5 Å². The molecule has 0 atom stereocenters. The minimum Gasteiger partial charge on any atom is -0.368 e. The van der Waals surface area contributed by atoms with Gasteiger partial charge < -0.3 is 9.88 Å². The molecule has 86 valence electrons. The number of nitrogens with zero attached hydrogens (tertiary/aromatic N) is 4. The van der Waals surface area contributed by atoms with Gasteiger partial charge in [-0.1, -0.05) is 13.3 Å². The summed E-state index contributed by atoms with van der Waals surface area (Å²) in [6.07, 6.45) is 5.73. The van der Waals surface area contributed by atoms with Crippen molar-refractivity contribution >= 4 is 5.82 Å². The number of rotatable bonds is 5. The number of unbranched alkanes of at least 4 members (excludes halogenated alkanes) is 1. The smallest absolute Gasteiger partial charge is 0.165 e. The summed E-state index contributed by atoms with van der Waals surface area (Å²) < 4.78 is 2.06. The number of hydrogen-bond acceptors (Lipinski definition) is 4. The molecule has 0 amide bonds. The van der Waals surface area contributed by atoms with E-state index in [-0.39, 0.29) is 0 Å². The summed E-state index contributed by atoms with van der Waals surface area (Å²) in [7, 11) is 0. The Morgan fingerprint density at radius 1 is 1.25 bits per heavy atom. The molecule has 0 radical (unpaired) electrons. The molecule has 0 saturated heterocycles. The summed E-state index contributed by atoms with van der Waals surface area (Å²) in [5.74, 6) is 1.74. The third-order valence-corrected chi connectivity index (χ3v) is 2.50. The minimum atomic E-state index is 0.822. The third kappa shape index (κ3) is 1.98. The minimum absolute atomic E-state index is 0.822. The first kappa shape index (κ1) is 10.9. The van der Waals surface area contributed by atoms with Crippen LogP contribution in [0, 0.1) is 0 Å². The highest BCUT2D eigenvalue weighted by Crippen LogP contribution is 2.23. The van der Waals surface area contributed by atoms with E-state index in [1.54, 1.807) is 6.33 Å². The van der Waals surface area contributed by atoms with Gasteiger partial charge in [0.15, 0.2) is 11.6 Å². The van der Waals surface area contributed by atoms with Gasteiger partial charge in [0.05, 0.1) is 6.33 Å². The summed E-state index contributed by atoms with van der Waals surface area (Å²) in [4.78, 5) is 12.9. The highest BCUT2D eigenvalue weighted by molar-refractivity contribution is 5.66. The SMILES string of the molecule is CCCCn1cnc(NCC)c2ncnc1-2. The van der Waals surface area contributed by atoms with E-state index in [1.165, 1.54) is 0 Å². The molecule has 2 heterocycles. The molecule has 0 fully saturated rings. The molecule has 0 unspecified atom stereocenters. The van der Waals surface area contributed by atoms with Crippen LogP contribution in [-0.2, 0) is 6.54 Å². The molecular formula is C11H17N5. The van der Waals surface area contributed by atoms with E-state index in [1.807, 2.05) is 13.3 Å². The number of aromatic nitrogens is 4. The fraction of sp³-hybridized carbons (Fsp3) is 0.545. The number of anilines is 1. The first-order valence-corrected chi connectivity index (χ1v) is 5.76. The maximum absolute atomic E-state index is 4.37. The van der Waals surface area contributed by atoms with Crippen LogP contribution in [-0.4, -0.2) is 26.1 Å². The van der Waals surface area contributed by atoms with E-state index >= 15 is 0 Å². The number of fused-ring (bicyclic) bond motifs is 1. The Hall–Kier alpha value is -1.65. The fourth-order valence-corrected chi connectivity index (χ4v) is 1.67. The van der Waals surface area contributed by atoms with Crippen LogP contribution in [0.15, 0.2) is 12.7 Å².